The highest BCUT2D eigenvalue weighted by Gasteiger charge is 1.96. The lowest BCUT2D eigenvalue weighted by molar-refractivity contribution is 0.811. The molecule has 10 heavy (non-hydrogen) atoms. The van der Waals surface area contributed by atoms with Gasteiger partial charge in [0.1, 0.15) is 5.01 Å². The van der Waals surface area contributed by atoms with Crippen molar-refractivity contribution in [3.63, 3.8) is 0 Å². The second kappa shape index (κ2) is 3.48. The largest absolute Gasteiger partial charge is 0.330 e. The van der Waals surface area contributed by atoms with Crippen LogP contribution in [0.1, 0.15) is 11.4 Å². The van der Waals surface area contributed by atoms with E-state index in [0.717, 1.165) is 29.2 Å². The van der Waals surface area contributed by atoms with Crippen molar-refractivity contribution in [3.05, 3.63) is 14.7 Å². The smallest absolute Gasteiger partial charge is 0.322 e. The summed E-state index contributed by atoms with van der Waals surface area (Å²) in [6.45, 7) is 0.647. The number of aryl methyl sites for hydroxylation is 1. The minimum absolute atomic E-state index is 0.0907. The SMILES string of the molecule is NCCCc1n[nH]c(=O)s1. The lowest BCUT2D eigenvalue weighted by Crippen LogP contribution is -1.99. The van der Waals surface area contributed by atoms with Crippen LogP contribution in [0.5, 0.6) is 0 Å². The molecule has 5 heteroatoms. The minimum Gasteiger partial charge on any atom is -0.330 e. The molecule has 0 saturated heterocycles. The normalized spacial score (nSPS) is 10.1. The van der Waals surface area contributed by atoms with E-state index in [4.69, 9.17) is 5.73 Å². The van der Waals surface area contributed by atoms with Gasteiger partial charge in [0.15, 0.2) is 0 Å². The molecule has 0 aromatic carbocycles. The predicted octanol–water partition coefficient (Wildman–Crippen LogP) is -0.277. The third-order valence-corrected chi connectivity index (χ3v) is 1.88. The Morgan fingerprint density at radius 1 is 1.70 bits per heavy atom. The molecular formula is C5H9N3OS. The zero-order valence-electron chi connectivity index (χ0n) is 5.46. The van der Waals surface area contributed by atoms with Crippen LogP contribution in [-0.4, -0.2) is 16.7 Å². The van der Waals surface area contributed by atoms with Crippen LogP contribution in [0.3, 0.4) is 0 Å². The molecule has 0 bridgehead atoms. The molecule has 1 aromatic rings. The Balaban J connectivity index is 2.50. The molecule has 0 saturated carbocycles. The molecule has 3 N–H and O–H groups in total. The Morgan fingerprint density at radius 2 is 2.50 bits per heavy atom. The maximum atomic E-state index is 10.5. The number of H-pyrrole nitrogens is 1. The van der Waals surface area contributed by atoms with Gasteiger partial charge in [0.25, 0.3) is 0 Å². The average molecular weight is 159 g/mol. The number of hydrogen-bond donors (Lipinski definition) is 2. The Hall–Kier alpha value is -0.680. The van der Waals surface area contributed by atoms with E-state index in [1.54, 1.807) is 0 Å². The van der Waals surface area contributed by atoms with E-state index in [-0.39, 0.29) is 4.87 Å². The first-order chi connectivity index (χ1) is 4.83. The second-order valence-electron chi connectivity index (χ2n) is 1.90. The van der Waals surface area contributed by atoms with Crippen LogP contribution in [0.2, 0.25) is 0 Å². The molecular weight excluding hydrogens is 150 g/mol. The number of nitrogens with two attached hydrogens (primary N) is 1. The van der Waals surface area contributed by atoms with Gasteiger partial charge >= 0.3 is 4.87 Å². The van der Waals surface area contributed by atoms with Gasteiger partial charge in [-0.25, -0.2) is 5.10 Å². The molecule has 0 aliphatic carbocycles. The summed E-state index contributed by atoms with van der Waals surface area (Å²) >= 11 is 1.15. The summed E-state index contributed by atoms with van der Waals surface area (Å²) in [5.41, 5.74) is 5.27. The molecule has 1 aromatic heterocycles. The van der Waals surface area contributed by atoms with Crippen molar-refractivity contribution >= 4 is 11.3 Å². The first-order valence-corrected chi connectivity index (χ1v) is 3.89. The molecule has 0 amide bonds. The van der Waals surface area contributed by atoms with Gasteiger partial charge in [-0.05, 0) is 13.0 Å². The van der Waals surface area contributed by atoms with Gasteiger partial charge in [-0.2, -0.15) is 5.10 Å². The van der Waals surface area contributed by atoms with Crippen molar-refractivity contribution in [2.75, 3.05) is 6.54 Å². The first-order valence-electron chi connectivity index (χ1n) is 3.07. The van der Waals surface area contributed by atoms with E-state index in [9.17, 15) is 4.79 Å². The number of nitrogens with one attached hydrogen (secondary N) is 1. The second-order valence-corrected chi connectivity index (χ2v) is 2.95. The van der Waals surface area contributed by atoms with Gasteiger partial charge in [-0.1, -0.05) is 11.3 Å². The highest BCUT2D eigenvalue weighted by molar-refractivity contribution is 7.08. The van der Waals surface area contributed by atoms with Crippen LogP contribution < -0.4 is 10.6 Å². The van der Waals surface area contributed by atoms with Crippen molar-refractivity contribution in [1.82, 2.24) is 10.2 Å². The Kier molecular flexibility index (Phi) is 2.58. The van der Waals surface area contributed by atoms with Crippen LogP contribution in [0.4, 0.5) is 0 Å². The average Bonchev–Trinajstić information content (AvgIpc) is 2.31. The summed E-state index contributed by atoms with van der Waals surface area (Å²) in [5, 5.41) is 6.97. The van der Waals surface area contributed by atoms with Gasteiger partial charge in [-0.3, -0.25) is 4.79 Å². The van der Waals surface area contributed by atoms with E-state index < -0.39 is 0 Å². The number of rotatable bonds is 3. The van der Waals surface area contributed by atoms with Gasteiger partial charge in [0, 0.05) is 6.42 Å². The number of nitrogens with zero attached hydrogens (tertiary/aromatic N) is 1. The predicted molar refractivity (Wildman–Crippen MR) is 40.1 cm³/mol. The van der Waals surface area contributed by atoms with Gasteiger partial charge in [-0.15, -0.1) is 0 Å². The van der Waals surface area contributed by atoms with Crippen molar-refractivity contribution in [2.24, 2.45) is 5.73 Å². The molecule has 1 rings (SSSR count). The highest BCUT2D eigenvalue weighted by atomic mass is 32.1. The van der Waals surface area contributed by atoms with Gasteiger partial charge in [0.2, 0.25) is 0 Å². The van der Waals surface area contributed by atoms with E-state index >= 15 is 0 Å². The molecule has 0 spiro atoms. The van der Waals surface area contributed by atoms with Crippen LogP contribution >= 0.6 is 11.3 Å². The summed E-state index contributed by atoms with van der Waals surface area (Å²) < 4.78 is 0. The van der Waals surface area contributed by atoms with Crippen LogP contribution in [0.25, 0.3) is 0 Å². The molecule has 0 atom stereocenters. The first kappa shape index (κ1) is 7.43. The lowest BCUT2D eigenvalue weighted by atomic mass is 10.3. The monoisotopic (exact) mass is 159 g/mol. The topological polar surface area (TPSA) is 71.8 Å². The summed E-state index contributed by atoms with van der Waals surface area (Å²) in [5.74, 6) is 0. The fraction of sp³-hybridized carbons (Fsp3) is 0.600. The van der Waals surface area contributed by atoms with E-state index in [2.05, 4.69) is 10.2 Å². The molecule has 0 fully saturated rings. The summed E-state index contributed by atoms with van der Waals surface area (Å²) in [4.78, 5) is 10.4. The zero-order valence-corrected chi connectivity index (χ0v) is 6.28. The van der Waals surface area contributed by atoms with Crippen molar-refractivity contribution in [1.29, 1.82) is 0 Å². The van der Waals surface area contributed by atoms with Gasteiger partial charge < -0.3 is 5.73 Å². The molecule has 0 unspecified atom stereocenters. The highest BCUT2D eigenvalue weighted by Crippen LogP contribution is 1.98. The Morgan fingerprint density at radius 3 is 3.00 bits per heavy atom. The van der Waals surface area contributed by atoms with Crippen molar-refractivity contribution < 1.29 is 0 Å². The van der Waals surface area contributed by atoms with Crippen molar-refractivity contribution in [2.45, 2.75) is 12.8 Å². The molecule has 0 radical (unpaired) electrons. The quantitative estimate of drug-likeness (QED) is 0.637. The standard InChI is InChI=1S/C5H9N3OS/c6-3-1-2-4-7-8-5(9)10-4/h1-3,6H2,(H,8,9). The van der Waals surface area contributed by atoms with Crippen LogP contribution in [0.15, 0.2) is 4.79 Å². The Labute approximate surface area is 62.1 Å². The van der Waals surface area contributed by atoms with Crippen LogP contribution in [-0.2, 0) is 6.42 Å². The van der Waals surface area contributed by atoms with E-state index in [1.165, 1.54) is 0 Å². The number of aromatic nitrogens is 2. The fourth-order valence-corrected chi connectivity index (χ4v) is 1.26. The molecule has 4 nitrogen and oxygen atoms in total. The van der Waals surface area contributed by atoms with Gasteiger partial charge in [0.05, 0.1) is 0 Å². The van der Waals surface area contributed by atoms with Crippen molar-refractivity contribution in [3.8, 4) is 0 Å². The minimum atomic E-state index is -0.0907. The third kappa shape index (κ3) is 1.93. The zero-order chi connectivity index (χ0) is 7.40. The third-order valence-electron chi connectivity index (χ3n) is 1.08. The maximum Gasteiger partial charge on any atom is 0.322 e. The summed E-state index contributed by atoms with van der Waals surface area (Å²) in [6, 6.07) is 0. The molecule has 0 aliphatic rings. The molecule has 1 heterocycles. The summed E-state index contributed by atoms with van der Waals surface area (Å²) in [7, 11) is 0. The van der Waals surface area contributed by atoms with E-state index in [1.807, 2.05) is 0 Å². The summed E-state index contributed by atoms with van der Waals surface area (Å²) in [6.07, 6.45) is 1.70. The fourth-order valence-electron chi connectivity index (χ4n) is 0.621. The maximum absolute atomic E-state index is 10.5. The van der Waals surface area contributed by atoms with Crippen LogP contribution in [0, 0.1) is 0 Å². The Bertz CT molecular complexity index is 241. The molecule has 0 aliphatic heterocycles. The number of aromatic amines is 1. The molecule has 56 valence electrons. The number of hydrogen-bond acceptors (Lipinski definition) is 4. The lowest BCUT2D eigenvalue weighted by Gasteiger charge is -1.88. The van der Waals surface area contributed by atoms with E-state index in [0.29, 0.717) is 6.54 Å².